The van der Waals surface area contributed by atoms with Crippen LogP contribution in [0.15, 0.2) is 77.7 Å². The summed E-state index contributed by atoms with van der Waals surface area (Å²) in [6, 6.07) is 19.0. The van der Waals surface area contributed by atoms with Crippen LogP contribution in [0, 0.1) is 6.92 Å². The second-order valence-corrected chi connectivity index (χ2v) is 13.2. The summed E-state index contributed by atoms with van der Waals surface area (Å²) in [4.78, 5) is 27.2. The lowest BCUT2D eigenvalue weighted by Crippen LogP contribution is -2.57. The molecule has 0 spiro atoms. The first kappa shape index (κ1) is 30.2. The molecule has 11 nitrogen and oxygen atoms in total. The Kier molecular flexibility index (Phi) is 8.54. The van der Waals surface area contributed by atoms with E-state index in [1.54, 1.807) is 72.5 Å². The average Bonchev–Trinajstić information content (AvgIpc) is 2.92. The van der Waals surface area contributed by atoms with E-state index in [1.165, 1.54) is 12.1 Å². The first-order chi connectivity index (χ1) is 19.3. The zero-order chi connectivity index (χ0) is 30.0. The van der Waals surface area contributed by atoms with Gasteiger partial charge in [0.2, 0.25) is 0 Å². The topological polar surface area (TPSA) is 181 Å². The summed E-state index contributed by atoms with van der Waals surface area (Å²) in [5.74, 6) is -2.98. The highest BCUT2D eigenvalue weighted by Gasteiger charge is 2.50. The lowest BCUT2D eigenvalue weighted by Gasteiger charge is -2.44. The van der Waals surface area contributed by atoms with Crippen molar-refractivity contribution in [3.05, 3.63) is 89.5 Å². The minimum atomic E-state index is -4.48. The molecule has 41 heavy (non-hydrogen) atoms. The van der Waals surface area contributed by atoms with Crippen molar-refractivity contribution in [3.8, 4) is 0 Å². The van der Waals surface area contributed by atoms with Crippen molar-refractivity contribution in [1.82, 2.24) is 4.31 Å². The van der Waals surface area contributed by atoms with Crippen LogP contribution in [0.2, 0.25) is 0 Å². The summed E-state index contributed by atoms with van der Waals surface area (Å²) in [6.45, 7) is 1.43. The molecule has 3 aromatic carbocycles. The van der Waals surface area contributed by atoms with Crippen LogP contribution in [0.3, 0.4) is 0 Å². The summed E-state index contributed by atoms with van der Waals surface area (Å²) < 4.78 is 62.1. The van der Waals surface area contributed by atoms with Gasteiger partial charge in [0.15, 0.2) is 5.54 Å². The molecule has 0 radical (unpaired) electrons. The summed E-state index contributed by atoms with van der Waals surface area (Å²) in [5, 5.41) is 11.1. The number of sulfonamides is 1. The van der Waals surface area contributed by atoms with E-state index in [-0.39, 0.29) is 35.4 Å². The van der Waals surface area contributed by atoms with Crippen molar-refractivity contribution in [1.29, 1.82) is 0 Å². The molecule has 1 heterocycles. The molecule has 13 heteroatoms. The number of aryl methyl sites for hydroxylation is 1. The maximum Gasteiger partial charge on any atom is 0.266 e. The number of anilines is 2. The highest BCUT2D eigenvalue weighted by molar-refractivity contribution is 7.89. The van der Waals surface area contributed by atoms with Gasteiger partial charge in [0, 0.05) is 47.3 Å². The maximum absolute atomic E-state index is 14.5. The standard InChI is InChI=1S/C28H31N3O8S2/c1-20-13-15-21(16-14-20)41(38,39)31(18-6-12-26(32)33)27(34)28(29)22-8-2-4-10-24(22)30(17-7-19-40(35,36)37)25-11-5-3-9-23(25)28/h2-5,8-11,13-16H,6-7,12,17-19,29H2,1H3,(H,32,33)(H,35,36,37)/p-2. The zero-order valence-corrected chi connectivity index (χ0v) is 23.9. The number of hydrogen-bond acceptors (Lipinski definition) is 10. The zero-order valence-electron chi connectivity index (χ0n) is 22.2. The molecule has 3 aromatic rings. The molecular formula is C28H29N3O8S2-2. The number of fused-ring (bicyclic) bond motifs is 2. The number of carbonyl (C=O) groups excluding carboxylic acids is 2. The van der Waals surface area contributed by atoms with Gasteiger partial charge in [-0.2, -0.15) is 0 Å². The van der Waals surface area contributed by atoms with E-state index in [0.29, 0.717) is 15.7 Å². The van der Waals surface area contributed by atoms with E-state index in [4.69, 9.17) is 5.73 Å². The Bertz CT molecular complexity index is 1620. The van der Waals surface area contributed by atoms with Crippen LogP contribution in [0.4, 0.5) is 11.4 Å². The van der Waals surface area contributed by atoms with Crippen molar-refractivity contribution in [2.45, 2.75) is 36.6 Å². The van der Waals surface area contributed by atoms with E-state index >= 15 is 0 Å². The molecule has 0 saturated heterocycles. The van der Waals surface area contributed by atoms with Crippen LogP contribution in [-0.2, 0) is 35.3 Å². The SMILES string of the molecule is Cc1ccc(S(=O)(=O)N(CCCC(=O)[O-])C(=O)C2(N)c3ccccc3N(CCCS(=O)(=O)[O-])c3ccccc32)cc1. The maximum atomic E-state index is 14.5. The van der Waals surface area contributed by atoms with Crippen molar-refractivity contribution >= 4 is 43.4 Å². The van der Waals surface area contributed by atoms with Crippen LogP contribution in [0.5, 0.6) is 0 Å². The normalized spacial score (nSPS) is 14.2. The number of rotatable bonds is 11. The van der Waals surface area contributed by atoms with E-state index < -0.39 is 56.3 Å². The molecule has 2 N–H and O–H groups in total. The smallest absolute Gasteiger partial charge is 0.266 e. The van der Waals surface area contributed by atoms with Gasteiger partial charge in [-0.05, 0) is 50.5 Å². The first-order valence-corrected chi connectivity index (χ1v) is 15.8. The first-order valence-electron chi connectivity index (χ1n) is 12.8. The Morgan fingerprint density at radius 3 is 1.93 bits per heavy atom. The van der Waals surface area contributed by atoms with Crippen LogP contribution in [0.25, 0.3) is 0 Å². The predicted molar refractivity (Wildman–Crippen MR) is 148 cm³/mol. The number of nitrogens with two attached hydrogens (primary N) is 1. The number of para-hydroxylation sites is 2. The minimum Gasteiger partial charge on any atom is -0.748 e. The molecule has 1 amide bonds. The van der Waals surface area contributed by atoms with Gasteiger partial charge in [-0.1, -0.05) is 54.1 Å². The van der Waals surface area contributed by atoms with Crippen molar-refractivity contribution < 1.29 is 36.1 Å². The summed E-state index contributed by atoms with van der Waals surface area (Å²) >= 11 is 0. The van der Waals surface area contributed by atoms with Gasteiger partial charge in [-0.25, -0.2) is 21.1 Å². The Morgan fingerprint density at radius 2 is 1.41 bits per heavy atom. The van der Waals surface area contributed by atoms with Crippen LogP contribution in [0.1, 0.15) is 36.0 Å². The molecule has 1 aliphatic heterocycles. The summed E-state index contributed by atoms with van der Waals surface area (Å²) in [6.07, 6.45) is -0.681. The minimum absolute atomic E-state index is 0.00281. The fourth-order valence-electron chi connectivity index (χ4n) is 4.96. The summed E-state index contributed by atoms with van der Waals surface area (Å²) in [5.41, 5.74) is 7.14. The highest BCUT2D eigenvalue weighted by Crippen LogP contribution is 2.47. The fraction of sp³-hybridized carbons (Fsp3) is 0.286. The van der Waals surface area contributed by atoms with Gasteiger partial charge in [0.1, 0.15) is 0 Å². The molecule has 1 aliphatic rings. The largest absolute Gasteiger partial charge is 0.748 e. The average molecular weight is 600 g/mol. The Morgan fingerprint density at radius 1 is 0.878 bits per heavy atom. The van der Waals surface area contributed by atoms with Crippen LogP contribution >= 0.6 is 0 Å². The molecule has 218 valence electrons. The van der Waals surface area contributed by atoms with Gasteiger partial charge in [0.25, 0.3) is 15.9 Å². The Balaban J connectivity index is 1.85. The molecular weight excluding hydrogens is 570 g/mol. The number of nitrogens with zero attached hydrogens (tertiary/aromatic N) is 2. The van der Waals surface area contributed by atoms with Gasteiger partial charge < -0.3 is 25.1 Å². The number of carboxylic acid groups (broad SMARTS) is 1. The predicted octanol–water partition coefficient (Wildman–Crippen LogP) is 1.33. The van der Waals surface area contributed by atoms with Gasteiger partial charge >= 0.3 is 0 Å². The third-order valence-corrected chi connectivity index (χ3v) is 9.52. The number of benzene rings is 3. The third kappa shape index (κ3) is 6.12. The monoisotopic (exact) mass is 599 g/mol. The molecule has 0 aromatic heterocycles. The van der Waals surface area contributed by atoms with Crippen LogP contribution < -0.4 is 15.7 Å². The molecule has 0 unspecified atom stereocenters. The third-order valence-electron chi connectivity index (χ3n) is 6.93. The van der Waals surface area contributed by atoms with Crippen molar-refractivity contribution in [2.75, 3.05) is 23.7 Å². The molecule has 0 atom stereocenters. The van der Waals surface area contributed by atoms with Crippen molar-refractivity contribution in [2.24, 2.45) is 5.73 Å². The molecule has 0 bridgehead atoms. The molecule has 4 rings (SSSR count). The Hall–Kier alpha value is -3.78. The lowest BCUT2D eigenvalue weighted by atomic mass is 9.77. The molecule has 0 fully saturated rings. The molecule has 0 aliphatic carbocycles. The van der Waals surface area contributed by atoms with Gasteiger partial charge in [-0.15, -0.1) is 0 Å². The van der Waals surface area contributed by atoms with Crippen molar-refractivity contribution in [3.63, 3.8) is 0 Å². The molecule has 0 saturated carbocycles. The van der Waals surface area contributed by atoms with Gasteiger partial charge in [0.05, 0.1) is 15.0 Å². The second kappa shape index (κ2) is 11.6. The van der Waals surface area contributed by atoms with Crippen LogP contribution in [-0.4, -0.2) is 56.4 Å². The number of aliphatic carboxylic acids is 1. The number of carboxylic acids is 1. The number of amides is 1. The number of hydrogen-bond donors (Lipinski definition) is 1. The fourth-order valence-corrected chi connectivity index (χ4v) is 6.91. The summed E-state index contributed by atoms with van der Waals surface area (Å²) in [7, 11) is -8.94. The van der Waals surface area contributed by atoms with E-state index in [1.807, 2.05) is 0 Å². The Labute approximate surface area is 239 Å². The van der Waals surface area contributed by atoms with E-state index in [9.17, 15) is 36.1 Å². The van der Waals surface area contributed by atoms with Gasteiger partial charge in [-0.3, -0.25) is 4.79 Å². The quantitative estimate of drug-likeness (QED) is 0.316. The lowest BCUT2D eigenvalue weighted by molar-refractivity contribution is -0.305. The second-order valence-electron chi connectivity index (χ2n) is 9.78. The highest BCUT2D eigenvalue weighted by atomic mass is 32.2. The van der Waals surface area contributed by atoms with E-state index in [2.05, 4.69) is 0 Å². The van der Waals surface area contributed by atoms with E-state index in [0.717, 1.165) is 5.56 Å². The number of carbonyl (C=O) groups is 2.